The van der Waals surface area contributed by atoms with Crippen LogP contribution < -0.4 is 0 Å². The first-order valence-electron chi connectivity index (χ1n) is 16.8. The van der Waals surface area contributed by atoms with Crippen LogP contribution in [0, 0.1) is 13.8 Å². The smallest absolute Gasteiger partial charge is 0.0973 e. The number of hydrogen-bond acceptors (Lipinski definition) is 4. The summed E-state index contributed by atoms with van der Waals surface area (Å²) in [6.07, 6.45) is 7.61. The molecule has 0 unspecified atom stereocenters. The van der Waals surface area contributed by atoms with Crippen LogP contribution in [-0.2, 0) is 0 Å². The van der Waals surface area contributed by atoms with Gasteiger partial charge in [-0.05, 0) is 85.6 Å². The Morgan fingerprint density at radius 3 is 1.26 bits per heavy atom. The first-order chi connectivity index (χ1) is 24.6. The first-order valence-corrected chi connectivity index (χ1v) is 16.8. The molecule has 236 valence electrons. The lowest BCUT2D eigenvalue weighted by Gasteiger charge is -2.14. The van der Waals surface area contributed by atoms with Crippen molar-refractivity contribution in [1.82, 2.24) is 29.1 Å². The number of benzene rings is 5. The molecule has 0 fully saturated rings. The van der Waals surface area contributed by atoms with Crippen molar-refractivity contribution in [2.75, 3.05) is 0 Å². The minimum absolute atomic E-state index is 0.852. The molecule has 0 aliphatic heterocycles. The number of fused-ring (bicyclic) bond motifs is 7. The van der Waals surface area contributed by atoms with Crippen molar-refractivity contribution < 1.29 is 0 Å². The molecule has 0 saturated heterocycles. The Morgan fingerprint density at radius 1 is 0.420 bits per heavy atom. The third kappa shape index (κ3) is 4.28. The van der Waals surface area contributed by atoms with Gasteiger partial charge in [0.15, 0.2) is 0 Å². The third-order valence-electron chi connectivity index (χ3n) is 10.0. The van der Waals surface area contributed by atoms with Crippen molar-refractivity contribution in [2.45, 2.75) is 13.8 Å². The van der Waals surface area contributed by atoms with Gasteiger partial charge < -0.3 is 9.13 Å². The van der Waals surface area contributed by atoms with Gasteiger partial charge in [-0.1, -0.05) is 60.7 Å². The van der Waals surface area contributed by atoms with Gasteiger partial charge in [0.05, 0.1) is 56.9 Å². The Bertz CT molecular complexity index is 2630. The number of aryl methyl sites for hydroxylation is 2. The fraction of sp³-hybridized carbons (Fsp3) is 0.0455. The molecule has 0 atom stereocenters. The zero-order valence-electron chi connectivity index (χ0n) is 27.5. The van der Waals surface area contributed by atoms with E-state index in [1.807, 2.05) is 24.8 Å². The number of para-hydroxylation sites is 2. The summed E-state index contributed by atoms with van der Waals surface area (Å²) in [6.45, 7) is 4.25. The van der Waals surface area contributed by atoms with Crippen molar-refractivity contribution in [3.05, 3.63) is 157 Å². The monoisotopic (exact) mass is 642 g/mol. The van der Waals surface area contributed by atoms with Gasteiger partial charge >= 0.3 is 0 Å². The second-order valence-corrected chi connectivity index (χ2v) is 12.9. The van der Waals surface area contributed by atoms with Crippen LogP contribution in [0.3, 0.4) is 0 Å². The average molecular weight is 643 g/mol. The minimum atomic E-state index is 0.852. The molecule has 0 bridgehead atoms. The summed E-state index contributed by atoms with van der Waals surface area (Å²) in [6, 6.07) is 42.8. The minimum Gasteiger partial charge on any atom is -0.308 e. The second-order valence-electron chi connectivity index (χ2n) is 12.9. The van der Waals surface area contributed by atoms with E-state index in [9.17, 15) is 0 Å². The van der Waals surface area contributed by atoms with Crippen LogP contribution in [0.2, 0.25) is 0 Å². The number of rotatable bonds is 4. The Labute approximate surface area is 288 Å². The molecule has 0 amide bonds. The molecule has 0 aliphatic rings. The molecule has 0 saturated carbocycles. The molecule has 0 radical (unpaired) electrons. The topological polar surface area (TPSA) is 61.4 Å². The predicted molar refractivity (Wildman–Crippen MR) is 204 cm³/mol. The Morgan fingerprint density at radius 2 is 0.820 bits per heavy atom. The number of nitrogens with zero attached hydrogens (tertiary/aromatic N) is 6. The highest BCUT2D eigenvalue weighted by atomic mass is 15.0. The van der Waals surface area contributed by atoms with Gasteiger partial charge in [0.2, 0.25) is 0 Å². The Hall–Kier alpha value is -6.66. The van der Waals surface area contributed by atoms with Gasteiger partial charge in [-0.2, -0.15) is 0 Å². The molecule has 0 spiro atoms. The highest BCUT2D eigenvalue weighted by Gasteiger charge is 2.18. The van der Waals surface area contributed by atoms with Crippen LogP contribution in [0.15, 0.2) is 146 Å². The van der Waals surface area contributed by atoms with Crippen LogP contribution in [-0.4, -0.2) is 29.1 Å². The largest absolute Gasteiger partial charge is 0.308 e. The third-order valence-corrected chi connectivity index (χ3v) is 10.0. The van der Waals surface area contributed by atoms with Crippen LogP contribution in [0.4, 0.5) is 0 Å². The highest BCUT2D eigenvalue weighted by molar-refractivity contribution is 6.10. The van der Waals surface area contributed by atoms with Crippen molar-refractivity contribution in [3.63, 3.8) is 0 Å². The van der Waals surface area contributed by atoms with E-state index in [2.05, 4.69) is 154 Å². The average Bonchev–Trinajstić information content (AvgIpc) is 3.68. The second kappa shape index (κ2) is 10.9. The van der Waals surface area contributed by atoms with E-state index in [0.29, 0.717) is 0 Å². The quantitative estimate of drug-likeness (QED) is 0.192. The van der Waals surface area contributed by atoms with E-state index in [0.717, 1.165) is 67.0 Å². The van der Waals surface area contributed by atoms with E-state index < -0.39 is 0 Å². The molecule has 6 nitrogen and oxygen atoms in total. The van der Waals surface area contributed by atoms with E-state index >= 15 is 0 Å². The lowest BCUT2D eigenvalue weighted by Crippen LogP contribution is -1.99. The molecule has 5 aromatic heterocycles. The molecule has 6 heteroatoms. The standard InChI is InChI=1S/C44H30N6/c1-27-23-37-38(24-28(27)2)48-44(30-13-17-32(18-14-30)50-40-10-6-4-8-34(40)36-20-22-46-26-42(36)50)43(47-37)29-11-15-31(16-12-29)49-39-9-5-3-7-33(39)35-19-21-45-25-41(35)49/h3-26H,1-2H3. The SMILES string of the molecule is Cc1cc2nc(-c3ccc(-n4c5ccccc5c5ccncc54)cc3)c(-c3ccc(-n4c5ccccc5c5ccncc54)cc3)nc2cc1C. The zero-order chi connectivity index (χ0) is 33.3. The van der Waals surface area contributed by atoms with Gasteiger partial charge in [0, 0.05) is 56.4 Å². The van der Waals surface area contributed by atoms with E-state index in [-0.39, 0.29) is 0 Å². The molecule has 5 heterocycles. The van der Waals surface area contributed by atoms with Gasteiger partial charge in [-0.3, -0.25) is 9.97 Å². The summed E-state index contributed by atoms with van der Waals surface area (Å²) in [5.41, 5.74) is 14.5. The van der Waals surface area contributed by atoms with Crippen LogP contribution in [0.25, 0.3) is 88.5 Å². The van der Waals surface area contributed by atoms with Gasteiger partial charge in [0.25, 0.3) is 0 Å². The van der Waals surface area contributed by atoms with Gasteiger partial charge in [-0.15, -0.1) is 0 Å². The summed E-state index contributed by atoms with van der Waals surface area (Å²) < 4.78 is 4.56. The Kier molecular flexibility index (Phi) is 6.20. The summed E-state index contributed by atoms with van der Waals surface area (Å²) in [4.78, 5) is 19.5. The molecule has 0 N–H and O–H groups in total. The molecule has 10 rings (SSSR count). The molecular formula is C44H30N6. The van der Waals surface area contributed by atoms with Crippen molar-refractivity contribution in [1.29, 1.82) is 0 Å². The van der Waals surface area contributed by atoms with Crippen molar-refractivity contribution in [3.8, 4) is 33.9 Å². The van der Waals surface area contributed by atoms with E-state index in [4.69, 9.17) is 9.97 Å². The normalized spacial score (nSPS) is 11.8. The summed E-state index contributed by atoms with van der Waals surface area (Å²) >= 11 is 0. The number of pyridine rings is 2. The van der Waals surface area contributed by atoms with Crippen molar-refractivity contribution >= 4 is 54.6 Å². The molecule has 50 heavy (non-hydrogen) atoms. The number of aromatic nitrogens is 6. The molecule has 10 aromatic rings. The lowest BCUT2D eigenvalue weighted by molar-refractivity contribution is 1.16. The lowest BCUT2D eigenvalue weighted by atomic mass is 10.0. The number of hydrogen-bond donors (Lipinski definition) is 0. The highest BCUT2D eigenvalue weighted by Crippen LogP contribution is 2.36. The van der Waals surface area contributed by atoms with Crippen LogP contribution >= 0.6 is 0 Å². The van der Waals surface area contributed by atoms with Gasteiger partial charge in [-0.25, -0.2) is 9.97 Å². The summed E-state index contributed by atoms with van der Waals surface area (Å²) in [5.74, 6) is 0. The summed E-state index contributed by atoms with van der Waals surface area (Å²) in [7, 11) is 0. The first kappa shape index (κ1) is 28.4. The fourth-order valence-electron chi connectivity index (χ4n) is 7.44. The van der Waals surface area contributed by atoms with Crippen molar-refractivity contribution in [2.24, 2.45) is 0 Å². The molecule has 0 aliphatic carbocycles. The Balaban J connectivity index is 1.12. The maximum absolute atomic E-state index is 5.28. The van der Waals surface area contributed by atoms with E-state index in [1.165, 1.54) is 32.7 Å². The maximum atomic E-state index is 5.28. The maximum Gasteiger partial charge on any atom is 0.0973 e. The molecular weight excluding hydrogens is 613 g/mol. The predicted octanol–water partition coefficient (Wildman–Crippen LogP) is 10.6. The van der Waals surface area contributed by atoms with Crippen LogP contribution in [0.1, 0.15) is 11.1 Å². The van der Waals surface area contributed by atoms with E-state index in [1.54, 1.807) is 0 Å². The summed E-state index contributed by atoms with van der Waals surface area (Å²) in [5, 5.41) is 4.80. The van der Waals surface area contributed by atoms with Gasteiger partial charge in [0.1, 0.15) is 0 Å². The van der Waals surface area contributed by atoms with Crippen LogP contribution in [0.5, 0.6) is 0 Å². The fourth-order valence-corrected chi connectivity index (χ4v) is 7.44. The molecule has 5 aromatic carbocycles. The zero-order valence-corrected chi connectivity index (χ0v) is 27.5.